The van der Waals surface area contributed by atoms with E-state index in [-0.39, 0.29) is 16.2 Å². The van der Waals surface area contributed by atoms with E-state index in [9.17, 15) is 13.2 Å². The molecule has 134 valence electrons. The number of hydrogen-bond donors (Lipinski definition) is 2. The monoisotopic (exact) mass is 406 g/mol. The highest BCUT2D eigenvalue weighted by Gasteiger charge is 2.22. The highest BCUT2D eigenvalue weighted by atomic mass is 32.2. The van der Waals surface area contributed by atoms with Crippen molar-refractivity contribution < 1.29 is 13.2 Å². The molecule has 7 nitrogen and oxygen atoms in total. The number of rotatable bonds is 4. The zero-order valence-corrected chi connectivity index (χ0v) is 16.1. The molecule has 1 aliphatic rings. The highest BCUT2D eigenvalue weighted by Crippen LogP contribution is 2.39. The number of thiophene rings is 1. The average molecular weight is 407 g/mol. The minimum Gasteiger partial charge on any atom is -0.296 e. The SMILES string of the molecule is CS(=O)(=O)Nc1nnc(NC(=O)c2cc3c(s2)-c2ccccc2CC3)s1. The number of nitrogens with one attached hydrogen (secondary N) is 2. The Bertz CT molecular complexity index is 1100. The van der Waals surface area contributed by atoms with Crippen LogP contribution in [0.3, 0.4) is 0 Å². The summed E-state index contributed by atoms with van der Waals surface area (Å²) in [6, 6.07) is 10.2. The summed E-state index contributed by atoms with van der Waals surface area (Å²) in [6.07, 6.45) is 2.91. The summed E-state index contributed by atoms with van der Waals surface area (Å²) in [7, 11) is -3.43. The molecule has 2 aromatic heterocycles. The van der Waals surface area contributed by atoms with Gasteiger partial charge in [0.05, 0.1) is 11.1 Å². The number of anilines is 2. The first-order valence-electron chi connectivity index (χ1n) is 7.73. The molecule has 26 heavy (non-hydrogen) atoms. The molecule has 2 heterocycles. The molecule has 2 N–H and O–H groups in total. The van der Waals surface area contributed by atoms with Crippen molar-refractivity contribution in [3.05, 3.63) is 46.3 Å². The van der Waals surface area contributed by atoms with E-state index in [2.05, 4.69) is 32.4 Å². The topological polar surface area (TPSA) is 101 Å². The lowest BCUT2D eigenvalue weighted by molar-refractivity contribution is 0.103. The van der Waals surface area contributed by atoms with E-state index in [1.807, 2.05) is 18.2 Å². The Balaban J connectivity index is 1.55. The van der Waals surface area contributed by atoms with Gasteiger partial charge in [0, 0.05) is 4.88 Å². The first-order chi connectivity index (χ1) is 12.4. The van der Waals surface area contributed by atoms with Crippen molar-refractivity contribution in [3.8, 4) is 10.4 Å². The van der Waals surface area contributed by atoms with Gasteiger partial charge >= 0.3 is 0 Å². The summed E-state index contributed by atoms with van der Waals surface area (Å²) in [6.45, 7) is 0. The number of amides is 1. The van der Waals surface area contributed by atoms with Gasteiger partial charge in [-0.1, -0.05) is 35.6 Å². The van der Waals surface area contributed by atoms with Crippen molar-refractivity contribution in [2.24, 2.45) is 0 Å². The normalized spacial score (nSPS) is 13.0. The summed E-state index contributed by atoms with van der Waals surface area (Å²) >= 11 is 2.42. The van der Waals surface area contributed by atoms with Crippen LogP contribution in [0.4, 0.5) is 10.3 Å². The number of benzene rings is 1. The molecule has 0 unspecified atom stereocenters. The lowest BCUT2D eigenvalue weighted by atomic mass is 9.91. The number of sulfonamides is 1. The molecule has 1 amide bonds. The molecule has 10 heteroatoms. The van der Waals surface area contributed by atoms with E-state index in [0.29, 0.717) is 4.88 Å². The second-order valence-corrected chi connectivity index (χ2v) is 9.64. The minimum absolute atomic E-state index is 0.113. The van der Waals surface area contributed by atoms with E-state index in [4.69, 9.17) is 0 Å². The molecule has 0 spiro atoms. The second-order valence-electron chi connectivity index (χ2n) is 5.86. The van der Waals surface area contributed by atoms with Gasteiger partial charge in [0.1, 0.15) is 0 Å². The second kappa shape index (κ2) is 6.45. The predicted molar refractivity (Wildman–Crippen MR) is 103 cm³/mol. The quantitative estimate of drug-likeness (QED) is 0.694. The molecular formula is C16H14N4O3S3. The summed E-state index contributed by atoms with van der Waals surface area (Å²) in [5.41, 5.74) is 3.67. The third kappa shape index (κ3) is 3.48. The molecule has 0 aliphatic heterocycles. The number of carbonyl (C=O) groups excluding carboxylic acids is 1. The molecule has 1 aliphatic carbocycles. The van der Waals surface area contributed by atoms with Crippen LogP contribution in [0.25, 0.3) is 10.4 Å². The number of aryl methyl sites for hydroxylation is 2. The third-order valence-electron chi connectivity index (χ3n) is 3.88. The summed E-state index contributed by atoms with van der Waals surface area (Å²) in [5, 5.41) is 10.5. The maximum atomic E-state index is 12.5. The Kier molecular flexibility index (Phi) is 4.25. The highest BCUT2D eigenvalue weighted by molar-refractivity contribution is 7.92. The molecule has 0 radical (unpaired) electrons. The van der Waals surface area contributed by atoms with Crippen LogP contribution in [-0.4, -0.2) is 30.8 Å². The third-order valence-corrected chi connectivity index (χ3v) is 6.53. The number of hydrogen-bond acceptors (Lipinski definition) is 7. The Hall–Kier alpha value is -2.30. The Labute approximate surface area is 158 Å². The van der Waals surface area contributed by atoms with Crippen molar-refractivity contribution in [2.45, 2.75) is 12.8 Å². The van der Waals surface area contributed by atoms with E-state index in [1.54, 1.807) is 0 Å². The van der Waals surface area contributed by atoms with Crippen LogP contribution in [0.15, 0.2) is 30.3 Å². The maximum Gasteiger partial charge on any atom is 0.267 e. The Morgan fingerprint density at radius 2 is 1.81 bits per heavy atom. The zero-order valence-electron chi connectivity index (χ0n) is 13.6. The van der Waals surface area contributed by atoms with Gasteiger partial charge in [-0.3, -0.25) is 14.8 Å². The predicted octanol–water partition coefficient (Wildman–Crippen LogP) is 2.99. The van der Waals surface area contributed by atoms with Crippen LogP contribution < -0.4 is 10.0 Å². The largest absolute Gasteiger partial charge is 0.296 e. The summed E-state index contributed by atoms with van der Waals surface area (Å²) in [4.78, 5) is 14.3. The van der Waals surface area contributed by atoms with Crippen molar-refractivity contribution >= 4 is 48.9 Å². The van der Waals surface area contributed by atoms with Gasteiger partial charge in [-0.25, -0.2) is 8.42 Å². The maximum absolute atomic E-state index is 12.5. The molecule has 0 saturated carbocycles. The average Bonchev–Trinajstić information content (AvgIpc) is 3.20. The van der Waals surface area contributed by atoms with Gasteiger partial charge < -0.3 is 0 Å². The van der Waals surface area contributed by atoms with E-state index in [1.165, 1.54) is 28.0 Å². The van der Waals surface area contributed by atoms with Gasteiger partial charge in [0.2, 0.25) is 20.3 Å². The zero-order chi connectivity index (χ0) is 18.3. The molecule has 0 bridgehead atoms. The molecular weight excluding hydrogens is 392 g/mol. The van der Waals surface area contributed by atoms with Crippen LogP contribution >= 0.6 is 22.7 Å². The molecule has 3 aromatic rings. The van der Waals surface area contributed by atoms with Crippen LogP contribution in [0.5, 0.6) is 0 Å². The first-order valence-corrected chi connectivity index (χ1v) is 11.2. The van der Waals surface area contributed by atoms with Crippen molar-refractivity contribution in [2.75, 3.05) is 16.3 Å². The molecule has 4 rings (SSSR count). The molecule has 0 saturated heterocycles. The van der Waals surface area contributed by atoms with Gasteiger partial charge in [-0.15, -0.1) is 21.5 Å². The number of nitrogens with zero attached hydrogens (tertiary/aromatic N) is 2. The van der Waals surface area contributed by atoms with E-state index < -0.39 is 10.0 Å². The van der Waals surface area contributed by atoms with Crippen molar-refractivity contribution in [1.29, 1.82) is 0 Å². The lowest BCUT2D eigenvalue weighted by Gasteiger charge is -2.15. The Morgan fingerprint density at radius 3 is 2.62 bits per heavy atom. The van der Waals surface area contributed by atoms with E-state index in [0.717, 1.165) is 35.3 Å². The van der Waals surface area contributed by atoms with Crippen LogP contribution in [0.1, 0.15) is 20.8 Å². The van der Waals surface area contributed by atoms with Gasteiger partial charge in [-0.05, 0) is 35.6 Å². The summed E-state index contributed by atoms with van der Waals surface area (Å²) < 4.78 is 24.7. The molecule has 1 aromatic carbocycles. The van der Waals surface area contributed by atoms with Crippen LogP contribution in [0, 0.1) is 0 Å². The summed E-state index contributed by atoms with van der Waals surface area (Å²) in [5.74, 6) is -0.274. The van der Waals surface area contributed by atoms with Gasteiger partial charge in [-0.2, -0.15) is 0 Å². The van der Waals surface area contributed by atoms with Crippen LogP contribution in [-0.2, 0) is 22.9 Å². The molecule has 0 fully saturated rings. The molecule has 0 atom stereocenters. The van der Waals surface area contributed by atoms with Crippen molar-refractivity contribution in [3.63, 3.8) is 0 Å². The number of aromatic nitrogens is 2. The first kappa shape index (κ1) is 17.1. The van der Waals surface area contributed by atoms with E-state index >= 15 is 0 Å². The fourth-order valence-electron chi connectivity index (χ4n) is 2.82. The number of carbonyl (C=O) groups is 1. The van der Waals surface area contributed by atoms with Crippen molar-refractivity contribution in [1.82, 2.24) is 10.2 Å². The standard InChI is InChI=1S/C16H14N4O3S3/c1-26(22,23)20-16-19-18-15(25-16)17-14(21)12-8-10-7-6-9-4-2-3-5-11(9)13(10)24-12/h2-5,8H,6-7H2,1H3,(H,19,20)(H,17,18,21). The fourth-order valence-corrected chi connectivity index (χ4v) is 5.45. The van der Waals surface area contributed by atoms with Gasteiger partial charge in [0.15, 0.2) is 0 Å². The lowest BCUT2D eigenvalue weighted by Crippen LogP contribution is -2.09. The number of fused-ring (bicyclic) bond motifs is 3. The van der Waals surface area contributed by atoms with Gasteiger partial charge in [0.25, 0.3) is 5.91 Å². The van der Waals surface area contributed by atoms with Crippen LogP contribution in [0.2, 0.25) is 0 Å². The minimum atomic E-state index is -3.43. The fraction of sp³-hybridized carbons (Fsp3) is 0.188. The Morgan fingerprint density at radius 1 is 1.08 bits per heavy atom. The smallest absolute Gasteiger partial charge is 0.267 e.